The molecule has 0 unspecified atom stereocenters. The zero-order valence-electron chi connectivity index (χ0n) is 16.0. The highest BCUT2D eigenvalue weighted by molar-refractivity contribution is 7.92. The molecule has 1 aliphatic rings. The number of hydrogen-bond donors (Lipinski definition) is 1. The van der Waals surface area contributed by atoms with E-state index in [-0.39, 0.29) is 0 Å². The van der Waals surface area contributed by atoms with Gasteiger partial charge in [0.2, 0.25) is 0 Å². The number of thiazole rings is 1. The summed E-state index contributed by atoms with van der Waals surface area (Å²) < 4.78 is 29.7. The number of aromatic nitrogens is 1. The van der Waals surface area contributed by atoms with E-state index < -0.39 is 10.0 Å². The molecule has 1 aliphatic carbocycles. The molecule has 146 valence electrons. The first-order chi connectivity index (χ1) is 14.0. The van der Waals surface area contributed by atoms with Crippen LogP contribution in [0.1, 0.15) is 23.1 Å². The highest BCUT2D eigenvalue weighted by Crippen LogP contribution is 2.33. The summed E-state index contributed by atoms with van der Waals surface area (Å²) in [5.41, 5.74) is 5.84. The summed E-state index contributed by atoms with van der Waals surface area (Å²) in [6.07, 6.45) is 3.09. The molecule has 0 bridgehead atoms. The molecule has 29 heavy (non-hydrogen) atoms. The smallest absolute Gasteiger partial charge is 0.261 e. The van der Waals surface area contributed by atoms with Crippen molar-refractivity contribution in [3.63, 3.8) is 0 Å². The number of rotatable bonds is 4. The normalized spacial score (nSPS) is 13.6. The van der Waals surface area contributed by atoms with Gasteiger partial charge in [0.1, 0.15) is 5.01 Å². The van der Waals surface area contributed by atoms with Gasteiger partial charge in [-0.25, -0.2) is 13.4 Å². The Morgan fingerprint density at radius 2 is 1.79 bits per heavy atom. The molecule has 4 nitrogen and oxygen atoms in total. The maximum atomic E-state index is 12.9. The SMILES string of the molecule is Cc1cc(-c2nc3ccccc3s2)ccc1NS(=O)(=O)c1ccc2c(c1)CCC2. The summed E-state index contributed by atoms with van der Waals surface area (Å²) in [6, 6.07) is 19.2. The number of para-hydroxylation sites is 1. The first-order valence-corrected chi connectivity index (χ1v) is 11.9. The molecule has 0 saturated heterocycles. The van der Waals surface area contributed by atoms with Crippen LogP contribution in [0.4, 0.5) is 5.69 Å². The number of sulfonamides is 1. The molecule has 3 aromatic carbocycles. The van der Waals surface area contributed by atoms with Crippen molar-refractivity contribution in [3.8, 4) is 10.6 Å². The number of fused-ring (bicyclic) bond motifs is 2. The van der Waals surface area contributed by atoms with Crippen LogP contribution in [0.5, 0.6) is 0 Å². The van der Waals surface area contributed by atoms with Gasteiger partial charge in [0, 0.05) is 5.56 Å². The first kappa shape index (κ1) is 18.3. The first-order valence-electron chi connectivity index (χ1n) is 9.61. The lowest BCUT2D eigenvalue weighted by molar-refractivity contribution is 0.601. The maximum Gasteiger partial charge on any atom is 0.261 e. The molecule has 1 N–H and O–H groups in total. The summed E-state index contributed by atoms with van der Waals surface area (Å²) in [7, 11) is -3.62. The van der Waals surface area contributed by atoms with Gasteiger partial charge in [-0.05, 0) is 85.3 Å². The van der Waals surface area contributed by atoms with Crippen LogP contribution in [-0.4, -0.2) is 13.4 Å². The highest BCUT2D eigenvalue weighted by atomic mass is 32.2. The fraction of sp³-hybridized carbons (Fsp3) is 0.174. The van der Waals surface area contributed by atoms with Crippen LogP contribution in [0.2, 0.25) is 0 Å². The largest absolute Gasteiger partial charge is 0.279 e. The molecule has 0 spiro atoms. The van der Waals surface area contributed by atoms with E-state index in [9.17, 15) is 8.42 Å². The van der Waals surface area contributed by atoms with Gasteiger partial charge in [-0.15, -0.1) is 11.3 Å². The van der Waals surface area contributed by atoms with Crippen molar-refractivity contribution in [1.29, 1.82) is 0 Å². The van der Waals surface area contributed by atoms with Crippen LogP contribution >= 0.6 is 11.3 Å². The second kappa shape index (κ2) is 6.97. The third-order valence-corrected chi connectivity index (χ3v) is 7.84. The molecule has 0 radical (unpaired) electrons. The van der Waals surface area contributed by atoms with Crippen LogP contribution in [0, 0.1) is 6.92 Å². The predicted octanol–water partition coefficient (Wildman–Crippen LogP) is 5.56. The number of nitrogens with zero attached hydrogens (tertiary/aromatic N) is 1. The third kappa shape index (κ3) is 3.43. The highest BCUT2D eigenvalue weighted by Gasteiger charge is 2.19. The molecular formula is C23H20N2O2S2. The molecule has 0 aliphatic heterocycles. The number of benzene rings is 3. The Kier molecular flexibility index (Phi) is 4.41. The topological polar surface area (TPSA) is 59.1 Å². The zero-order chi connectivity index (χ0) is 20.0. The summed E-state index contributed by atoms with van der Waals surface area (Å²) in [4.78, 5) is 5.02. The number of nitrogens with one attached hydrogen (secondary N) is 1. The van der Waals surface area contributed by atoms with Crippen LogP contribution in [0.15, 0.2) is 65.6 Å². The maximum absolute atomic E-state index is 12.9. The minimum absolute atomic E-state index is 0.327. The minimum atomic E-state index is -3.62. The monoisotopic (exact) mass is 420 g/mol. The number of anilines is 1. The van der Waals surface area contributed by atoms with Gasteiger partial charge < -0.3 is 0 Å². The molecule has 0 atom stereocenters. The lowest BCUT2D eigenvalue weighted by Crippen LogP contribution is -2.14. The Morgan fingerprint density at radius 3 is 2.62 bits per heavy atom. The van der Waals surface area contributed by atoms with E-state index in [1.165, 1.54) is 5.56 Å². The molecule has 1 heterocycles. The van der Waals surface area contributed by atoms with E-state index in [4.69, 9.17) is 0 Å². The van der Waals surface area contributed by atoms with E-state index in [0.29, 0.717) is 10.6 Å². The molecule has 1 aromatic heterocycles. The second-order valence-corrected chi connectivity index (χ2v) is 10.1. The number of hydrogen-bond acceptors (Lipinski definition) is 4. The van der Waals surface area contributed by atoms with Gasteiger partial charge in [-0.3, -0.25) is 4.72 Å². The van der Waals surface area contributed by atoms with E-state index in [1.807, 2.05) is 55.5 Å². The lowest BCUT2D eigenvalue weighted by atomic mass is 10.1. The average Bonchev–Trinajstić information content (AvgIpc) is 3.35. The Bertz CT molecular complexity index is 1310. The summed E-state index contributed by atoms with van der Waals surface area (Å²) in [5, 5.41) is 0.933. The Balaban J connectivity index is 1.44. The van der Waals surface area contributed by atoms with Gasteiger partial charge in [0.25, 0.3) is 10.0 Å². The van der Waals surface area contributed by atoms with Crippen LogP contribution in [0.3, 0.4) is 0 Å². The van der Waals surface area contributed by atoms with Crippen molar-refractivity contribution in [1.82, 2.24) is 4.98 Å². The van der Waals surface area contributed by atoms with Crippen LogP contribution < -0.4 is 4.72 Å². The lowest BCUT2D eigenvalue weighted by Gasteiger charge is -2.12. The molecule has 5 rings (SSSR count). The quantitative estimate of drug-likeness (QED) is 0.470. The van der Waals surface area contributed by atoms with Gasteiger partial charge in [-0.1, -0.05) is 18.2 Å². The average molecular weight is 421 g/mol. The molecule has 0 amide bonds. The Morgan fingerprint density at radius 1 is 0.966 bits per heavy atom. The van der Waals surface area contributed by atoms with Crippen molar-refractivity contribution in [3.05, 3.63) is 77.4 Å². The minimum Gasteiger partial charge on any atom is -0.279 e. The van der Waals surface area contributed by atoms with E-state index in [2.05, 4.69) is 15.8 Å². The molecule has 0 saturated carbocycles. The van der Waals surface area contributed by atoms with E-state index >= 15 is 0 Å². The number of aryl methyl sites for hydroxylation is 3. The molecule has 4 aromatic rings. The molecular weight excluding hydrogens is 400 g/mol. The molecule has 0 fully saturated rings. The van der Waals surface area contributed by atoms with Crippen molar-refractivity contribution >= 4 is 37.3 Å². The fourth-order valence-corrected chi connectivity index (χ4v) is 5.97. The van der Waals surface area contributed by atoms with Gasteiger partial charge in [-0.2, -0.15) is 0 Å². The van der Waals surface area contributed by atoms with Crippen molar-refractivity contribution in [2.75, 3.05) is 4.72 Å². The molecule has 6 heteroatoms. The zero-order valence-corrected chi connectivity index (χ0v) is 17.6. The van der Waals surface area contributed by atoms with Gasteiger partial charge >= 0.3 is 0 Å². The Labute approximate surface area is 174 Å². The summed E-state index contributed by atoms with van der Waals surface area (Å²) in [5.74, 6) is 0. The third-order valence-electron chi connectivity index (χ3n) is 5.39. The van der Waals surface area contributed by atoms with Crippen LogP contribution in [0.25, 0.3) is 20.8 Å². The van der Waals surface area contributed by atoms with Gasteiger partial charge in [0.05, 0.1) is 20.8 Å². The van der Waals surface area contributed by atoms with Crippen LogP contribution in [-0.2, 0) is 22.9 Å². The van der Waals surface area contributed by atoms with Crippen molar-refractivity contribution < 1.29 is 8.42 Å². The van der Waals surface area contributed by atoms with E-state index in [0.717, 1.165) is 51.2 Å². The fourth-order valence-electron chi connectivity index (χ4n) is 3.83. The summed E-state index contributed by atoms with van der Waals surface area (Å²) >= 11 is 1.64. The van der Waals surface area contributed by atoms with Crippen molar-refractivity contribution in [2.24, 2.45) is 0 Å². The predicted molar refractivity (Wildman–Crippen MR) is 119 cm³/mol. The van der Waals surface area contributed by atoms with Gasteiger partial charge in [0.15, 0.2) is 0 Å². The standard InChI is InChI=1S/C23H20N2O2S2/c1-15-13-18(23-24-21-7-2-3-8-22(21)28-23)10-12-20(15)25-29(26,27)19-11-9-16-5-4-6-17(16)14-19/h2-3,7-14,25H,4-6H2,1H3. The van der Waals surface area contributed by atoms with E-state index in [1.54, 1.807) is 17.4 Å². The van der Waals surface area contributed by atoms with Crippen molar-refractivity contribution in [2.45, 2.75) is 31.1 Å². The second-order valence-electron chi connectivity index (χ2n) is 7.41. The summed E-state index contributed by atoms with van der Waals surface area (Å²) in [6.45, 7) is 1.91. The Hall–Kier alpha value is -2.70.